The van der Waals surface area contributed by atoms with Crippen LogP contribution < -0.4 is 5.32 Å². The Morgan fingerprint density at radius 3 is 2.75 bits per heavy atom. The number of Topliss-reactive ketones (excluding diaryl/α,β-unsaturated/α-hetero) is 1. The highest BCUT2D eigenvalue weighted by atomic mass is 16.1. The molecule has 1 rings (SSSR count). The van der Waals surface area contributed by atoms with Crippen molar-refractivity contribution in [3.05, 3.63) is 0 Å². The van der Waals surface area contributed by atoms with E-state index in [1.807, 2.05) is 0 Å². The molecule has 2 nitrogen and oxygen atoms in total. The molecule has 1 aliphatic heterocycles. The van der Waals surface area contributed by atoms with Gasteiger partial charge in [0.05, 0.1) is 6.04 Å². The first-order valence-corrected chi connectivity index (χ1v) is 3.04. The first-order chi connectivity index (χ1) is 3.80. The van der Waals surface area contributed by atoms with E-state index in [0.29, 0.717) is 0 Å². The Kier molecular flexibility index (Phi) is 1.63. The number of carbonyl (C=O) groups is 1. The third-order valence-electron chi connectivity index (χ3n) is 1.55. The lowest BCUT2D eigenvalue weighted by Gasteiger charge is -2.01. The second kappa shape index (κ2) is 2.27. The fourth-order valence-corrected chi connectivity index (χ4v) is 1.03. The maximum absolute atomic E-state index is 10.6. The third-order valence-corrected chi connectivity index (χ3v) is 1.55. The van der Waals surface area contributed by atoms with Gasteiger partial charge in [-0.2, -0.15) is 0 Å². The summed E-state index contributed by atoms with van der Waals surface area (Å²) in [6, 6.07) is 0.176. The molecule has 1 aliphatic rings. The van der Waals surface area contributed by atoms with Crippen LogP contribution in [0.4, 0.5) is 0 Å². The number of nitrogens with one attached hydrogen (secondary N) is 1. The van der Waals surface area contributed by atoms with E-state index in [1.54, 1.807) is 6.92 Å². The summed E-state index contributed by atoms with van der Waals surface area (Å²) < 4.78 is 0. The molecular formula is C6H11NO. The van der Waals surface area contributed by atoms with Crippen LogP contribution in [0.25, 0.3) is 0 Å². The SMILES string of the molecule is CC(=O)[C@H]1CCCN1. The van der Waals surface area contributed by atoms with Gasteiger partial charge in [0.25, 0.3) is 0 Å². The van der Waals surface area contributed by atoms with Crippen molar-refractivity contribution in [3.8, 4) is 0 Å². The predicted molar refractivity (Wildman–Crippen MR) is 31.7 cm³/mol. The molecule has 0 saturated carbocycles. The number of hydrogen-bond acceptors (Lipinski definition) is 2. The van der Waals surface area contributed by atoms with Crippen LogP contribution in [-0.4, -0.2) is 18.4 Å². The molecule has 2 heteroatoms. The Balaban J connectivity index is 2.35. The monoisotopic (exact) mass is 113 g/mol. The number of rotatable bonds is 1. The first-order valence-electron chi connectivity index (χ1n) is 3.04. The molecule has 0 aliphatic carbocycles. The molecule has 46 valence electrons. The lowest BCUT2D eigenvalue weighted by atomic mass is 10.2. The summed E-state index contributed by atoms with van der Waals surface area (Å²) in [7, 11) is 0. The van der Waals surface area contributed by atoms with Crippen LogP contribution in [0.15, 0.2) is 0 Å². The van der Waals surface area contributed by atoms with E-state index in [1.165, 1.54) is 0 Å². The van der Waals surface area contributed by atoms with Crippen molar-refractivity contribution in [3.63, 3.8) is 0 Å². The molecule has 0 aromatic heterocycles. The molecule has 0 unspecified atom stereocenters. The first kappa shape index (κ1) is 5.76. The van der Waals surface area contributed by atoms with Crippen LogP contribution in [0.1, 0.15) is 19.8 Å². The van der Waals surface area contributed by atoms with Crippen LogP contribution in [0.3, 0.4) is 0 Å². The van der Waals surface area contributed by atoms with Gasteiger partial charge in [-0.1, -0.05) is 0 Å². The van der Waals surface area contributed by atoms with Crippen LogP contribution in [0.2, 0.25) is 0 Å². The summed E-state index contributed by atoms with van der Waals surface area (Å²) in [5.41, 5.74) is 0. The maximum atomic E-state index is 10.6. The van der Waals surface area contributed by atoms with Gasteiger partial charge in [0.2, 0.25) is 0 Å². The van der Waals surface area contributed by atoms with Gasteiger partial charge in [0.15, 0.2) is 0 Å². The molecule has 0 radical (unpaired) electrons. The zero-order valence-corrected chi connectivity index (χ0v) is 5.11. The maximum Gasteiger partial charge on any atom is 0.146 e. The minimum atomic E-state index is 0.176. The minimum Gasteiger partial charge on any atom is -0.307 e. The molecule has 1 N–H and O–H groups in total. The highest BCUT2D eigenvalue weighted by Gasteiger charge is 2.17. The lowest BCUT2D eigenvalue weighted by molar-refractivity contribution is -0.118. The Hall–Kier alpha value is -0.370. The highest BCUT2D eigenvalue weighted by molar-refractivity contribution is 5.81. The average molecular weight is 113 g/mol. The van der Waals surface area contributed by atoms with E-state index in [-0.39, 0.29) is 11.8 Å². The van der Waals surface area contributed by atoms with E-state index in [2.05, 4.69) is 5.32 Å². The number of carbonyl (C=O) groups excluding carboxylic acids is 1. The molecule has 1 heterocycles. The molecule has 0 amide bonds. The predicted octanol–water partition coefficient (Wildman–Crippen LogP) is 0.327. The largest absolute Gasteiger partial charge is 0.307 e. The Morgan fingerprint density at radius 2 is 2.50 bits per heavy atom. The van der Waals surface area contributed by atoms with Crippen molar-refractivity contribution in [2.45, 2.75) is 25.8 Å². The number of hydrogen-bond donors (Lipinski definition) is 1. The second-order valence-corrected chi connectivity index (χ2v) is 2.26. The van der Waals surface area contributed by atoms with Crippen molar-refractivity contribution in [2.24, 2.45) is 0 Å². The third kappa shape index (κ3) is 1.07. The van der Waals surface area contributed by atoms with Gasteiger partial charge in [-0.3, -0.25) is 4.79 Å². The van der Waals surface area contributed by atoms with Gasteiger partial charge in [-0.15, -0.1) is 0 Å². The summed E-state index contributed by atoms with van der Waals surface area (Å²) in [6.07, 6.45) is 2.19. The second-order valence-electron chi connectivity index (χ2n) is 2.26. The molecule has 0 aromatic carbocycles. The smallest absolute Gasteiger partial charge is 0.146 e. The van der Waals surface area contributed by atoms with Gasteiger partial charge in [0, 0.05) is 0 Å². The van der Waals surface area contributed by atoms with Gasteiger partial charge < -0.3 is 5.32 Å². The molecule has 0 aromatic rings. The Labute approximate surface area is 49.3 Å². The normalized spacial score (nSPS) is 28.4. The van der Waals surface area contributed by atoms with E-state index in [4.69, 9.17) is 0 Å². The standard InChI is InChI=1S/C6H11NO/c1-5(8)6-3-2-4-7-6/h6-7H,2-4H2,1H3/t6-/m1/s1. The van der Waals surface area contributed by atoms with Crippen LogP contribution in [-0.2, 0) is 4.79 Å². The molecule has 0 bridgehead atoms. The van der Waals surface area contributed by atoms with Crippen molar-refractivity contribution in [1.82, 2.24) is 5.32 Å². The molecule has 0 spiro atoms. The van der Waals surface area contributed by atoms with Crippen molar-refractivity contribution >= 4 is 5.78 Å². The average Bonchev–Trinajstić information content (AvgIpc) is 2.12. The number of ketones is 1. The summed E-state index contributed by atoms with van der Waals surface area (Å²) in [4.78, 5) is 10.6. The molecular weight excluding hydrogens is 102 g/mol. The highest BCUT2D eigenvalue weighted by Crippen LogP contribution is 2.04. The van der Waals surface area contributed by atoms with Gasteiger partial charge in [-0.25, -0.2) is 0 Å². The van der Waals surface area contributed by atoms with Crippen LogP contribution in [0.5, 0.6) is 0 Å². The minimum absolute atomic E-state index is 0.176. The van der Waals surface area contributed by atoms with Gasteiger partial charge in [-0.05, 0) is 26.3 Å². The molecule has 1 saturated heterocycles. The van der Waals surface area contributed by atoms with Gasteiger partial charge in [0.1, 0.15) is 5.78 Å². The lowest BCUT2D eigenvalue weighted by Crippen LogP contribution is -2.28. The van der Waals surface area contributed by atoms with E-state index in [9.17, 15) is 4.79 Å². The molecule has 8 heavy (non-hydrogen) atoms. The summed E-state index contributed by atoms with van der Waals surface area (Å²) in [5, 5.41) is 3.11. The molecule has 1 atom stereocenters. The van der Waals surface area contributed by atoms with Gasteiger partial charge >= 0.3 is 0 Å². The summed E-state index contributed by atoms with van der Waals surface area (Å²) in [6.45, 7) is 2.66. The zero-order chi connectivity index (χ0) is 5.98. The van der Waals surface area contributed by atoms with E-state index >= 15 is 0 Å². The van der Waals surface area contributed by atoms with E-state index in [0.717, 1.165) is 19.4 Å². The summed E-state index contributed by atoms with van der Waals surface area (Å²) in [5.74, 6) is 0.280. The van der Waals surface area contributed by atoms with Crippen LogP contribution >= 0.6 is 0 Å². The summed E-state index contributed by atoms with van der Waals surface area (Å²) >= 11 is 0. The van der Waals surface area contributed by atoms with Crippen molar-refractivity contribution < 1.29 is 4.79 Å². The van der Waals surface area contributed by atoms with Crippen LogP contribution in [0, 0.1) is 0 Å². The zero-order valence-electron chi connectivity index (χ0n) is 5.11. The van der Waals surface area contributed by atoms with E-state index < -0.39 is 0 Å². The Bertz CT molecular complexity index is 94.7. The quantitative estimate of drug-likeness (QED) is 0.531. The van der Waals surface area contributed by atoms with Crippen molar-refractivity contribution in [1.29, 1.82) is 0 Å². The van der Waals surface area contributed by atoms with Crippen molar-refractivity contribution in [2.75, 3.05) is 6.54 Å². The Morgan fingerprint density at radius 1 is 1.75 bits per heavy atom. The topological polar surface area (TPSA) is 29.1 Å². The fourth-order valence-electron chi connectivity index (χ4n) is 1.03. The molecule has 1 fully saturated rings. The fraction of sp³-hybridized carbons (Fsp3) is 0.833.